The minimum absolute atomic E-state index is 0.150. The molecule has 0 N–H and O–H groups in total. The number of rotatable bonds is 6. The SMILES string of the molecule is CC(Cc1cccc(Cl)c1Cl)CC(C(=O)C(C)(C)C)n1cncn1. The van der Waals surface area contributed by atoms with Gasteiger partial charge in [0.2, 0.25) is 0 Å². The molecule has 2 unspecified atom stereocenters. The summed E-state index contributed by atoms with van der Waals surface area (Å²) in [4.78, 5) is 16.8. The van der Waals surface area contributed by atoms with Gasteiger partial charge in [0, 0.05) is 5.41 Å². The lowest BCUT2D eigenvalue weighted by Gasteiger charge is -2.27. The third-order valence-corrected chi connectivity index (χ3v) is 4.88. The van der Waals surface area contributed by atoms with Crippen LogP contribution in [0.15, 0.2) is 30.9 Å². The standard InChI is InChI=1S/C18H23Cl2N3O/c1-12(8-13-6-5-7-14(19)16(13)20)9-15(17(24)18(2,3)4)23-11-21-10-22-23/h5-7,10-12,15H,8-9H2,1-4H3. The topological polar surface area (TPSA) is 47.8 Å². The summed E-state index contributed by atoms with van der Waals surface area (Å²) >= 11 is 12.4. The number of hydrogen-bond donors (Lipinski definition) is 0. The number of Topliss-reactive ketones (excluding diaryl/α,β-unsaturated/α-hetero) is 1. The van der Waals surface area contributed by atoms with Gasteiger partial charge in [-0.1, -0.05) is 63.0 Å². The molecule has 0 aliphatic heterocycles. The van der Waals surface area contributed by atoms with Crippen molar-refractivity contribution in [3.05, 3.63) is 46.5 Å². The Balaban J connectivity index is 2.17. The molecule has 1 heterocycles. The summed E-state index contributed by atoms with van der Waals surface area (Å²) in [5.74, 6) is 0.388. The third-order valence-electron chi connectivity index (χ3n) is 4.02. The van der Waals surface area contributed by atoms with Crippen LogP contribution in [-0.4, -0.2) is 20.5 Å². The third kappa shape index (κ3) is 4.58. The number of ketones is 1. The van der Waals surface area contributed by atoms with Crippen LogP contribution in [0, 0.1) is 11.3 Å². The zero-order chi connectivity index (χ0) is 17.9. The molecule has 0 saturated carbocycles. The van der Waals surface area contributed by atoms with E-state index in [1.54, 1.807) is 17.1 Å². The first-order valence-electron chi connectivity index (χ1n) is 8.01. The largest absolute Gasteiger partial charge is 0.297 e. The lowest BCUT2D eigenvalue weighted by Crippen LogP contribution is -2.32. The number of hydrogen-bond acceptors (Lipinski definition) is 3. The summed E-state index contributed by atoms with van der Waals surface area (Å²) < 4.78 is 1.66. The molecule has 0 aliphatic carbocycles. The highest BCUT2D eigenvalue weighted by Crippen LogP contribution is 2.32. The molecule has 4 nitrogen and oxygen atoms in total. The Morgan fingerprint density at radius 3 is 2.58 bits per heavy atom. The first kappa shape index (κ1) is 18.9. The molecular weight excluding hydrogens is 345 g/mol. The van der Waals surface area contributed by atoms with Crippen molar-refractivity contribution in [2.75, 3.05) is 0 Å². The summed E-state index contributed by atoms with van der Waals surface area (Å²) in [6.45, 7) is 7.89. The van der Waals surface area contributed by atoms with Crippen molar-refractivity contribution >= 4 is 29.0 Å². The Morgan fingerprint density at radius 2 is 2.00 bits per heavy atom. The van der Waals surface area contributed by atoms with Crippen LogP contribution in [0.3, 0.4) is 0 Å². The number of aromatic nitrogens is 3. The van der Waals surface area contributed by atoms with E-state index >= 15 is 0 Å². The molecule has 24 heavy (non-hydrogen) atoms. The smallest absolute Gasteiger partial charge is 0.162 e. The second-order valence-corrected chi connectivity index (χ2v) is 8.05. The van der Waals surface area contributed by atoms with E-state index in [-0.39, 0.29) is 17.7 Å². The van der Waals surface area contributed by atoms with E-state index in [0.29, 0.717) is 16.5 Å². The molecule has 0 saturated heterocycles. The van der Waals surface area contributed by atoms with Crippen molar-refractivity contribution in [2.45, 2.75) is 46.6 Å². The van der Waals surface area contributed by atoms with Gasteiger partial charge in [-0.05, 0) is 30.4 Å². The van der Waals surface area contributed by atoms with Gasteiger partial charge in [0.25, 0.3) is 0 Å². The highest BCUT2D eigenvalue weighted by Gasteiger charge is 2.32. The quantitative estimate of drug-likeness (QED) is 0.720. The molecule has 2 atom stereocenters. The van der Waals surface area contributed by atoms with E-state index in [0.717, 1.165) is 12.0 Å². The van der Waals surface area contributed by atoms with E-state index in [2.05, 4.69) is 17.0 Å². The zero-order valence-corrected chi connectivity index (χ0v) is 16.0. The van der Waals surface area contributed by atoms with Crippen molar-refractivity contribution in [1.29, 1.82) is 0 Å². The Bertz CT molecular complexity index is 693. The highest BCUT2D eigenvalue weighted by atomic mass is 35.5. The summed E-state index contributed by atoms with van der Waals surface area (Å²) in [5, 5.41) is 5.32. The number of nitrogens with zero attached hydrogens (tertiary/aromatic N) is 3. The van der Waals surface area contributed by atoms with Gasteiger partial charge in [0.1, 0.15) is 18.7 Å². The predicted molar refractivity (Wildman–Crippen MR) is 97.5 cm³/mol. The Labute approximate surface area is 153 Å². The van der Waals surface area contributed by atoms with Crippen LogP contribution in [0.4, 0.5) is 0 Å². The van der Waals surface area contributed by atoms with Crippen LogP contribution >= 0.6 is 23.2 Å². The zero-order valence-electron chi connectivity index (χ0n) is 14.5. The van der Waals surface area contributed by atoms with Crippen LogP contribution in [-0.2, 0) is 11.2 Å². The lowest BCUT2D eigenvalue weighted by molar-refractivity contribution is -0.130. The number of halogens is 2. The predicted octanol–water partition coefficient (Wildman–Crippen LogP) is 5.01. The summed E-state index contributed by atoms with van der Waals surface area (Å²) in [6, 6.07) is 5.31. The fourth-order valence-electron chi connectivity index (χ4n) is 2.76. The highest BCUT2D eigenvalue weighted by molar-refractivity contribution is 6.42. The minimum atomic E-state index is -0.440. The van der Waals surface area contributed by atoms with Gasteiger partial charge >= 0.3 is 0 Å². The minimum Gasteiger partial charge on any atom is -0.297 e. The summed E-state index contributed by atoms with van der Waals surface area (Å²) in [7, 11) is 0. The molecule has 0 aliphatic rings. The fourth-order valence-corrected chi connectivity index (χ4v) is 3.16. The second kappa shape index (κ2) is 7.66. The van der Waals surface area contributed by atoms with Crippen molar-refractivity contribution in [1.82, 2.24) is 14.8 Å². The van der Waals surface area contributed by atoms with E-state index in [1.165, 1.54) is 6.33 Å². The van der Waals surface area contributed by atoms with Crippen molar-refractivity contribution in [3.63, 3.8) is 0 Å². The molecule has 2 rings (SSSR count). The van der Waals surface area contributed by atoms with E-state index in [9.17, 15) is 4.79 Å². The lowest BCUT2D eigenvalue weighted by atomic mass is 9.82. The number of carbonyl (C=O) groups excluding carboxylic acids is 1. The number of carbonyl (C=O) groups is 1. The Kier molecular flexibility index (Phi) is 6.05. The molecule has 0 amide bonds. The average Bonchev–Trinajstić information content (AvgIpc) is 3.02. The van der Waals surface area contributed by atoms with Gasteiger partial charge in [0.15, 0.2) is 5.78 Å². The molecule has 6 heteroatoms. The molecule has 130 valence electrons. The van der Waals surface area contributed by atoms with Crippen molar-refractivity contribution < 1.29 is 4.79 Å². The molecule has 2 aromatic rings. The van der Waals surface area contributed by atoms with Crippen LogP contribution in [0.5, 0.6) is 0 Å². The van der Waals surface area contributed by atoms with Gasteiger partial charge in [-0.3, -0.25) is 4.79 Å². The van der Waals surface area contributed by atoms with Crippen molar-refractivity contribution in [2.24, 2.45) is 11.3 Å². The summed E-state index contributed by atoms with van der Waals surface area (Å²) in [6.07, 6.45) is 4.49. The summed E-state index contributed by atoms with van der Waals surface area (Å²) in [5.41, 5.74) is 0.557. The number of benzene rings is 1. The van der Waals surface area contributed by atoms with Gasteiger partial charge in [-0.2, -0.15) is 5.10 Å². The maximum absolute atomic E-state index is 12.8. The van der Waals surface area contributed by atoms with Crippen molar-refractivity contribution in [3.8, 4) is 0 Å². The Morgan fingerprint density at radius 1 is 1.29 bits per heavy atom. The molecule has 0 spiro atoms. The fraction of sp³-hybridized carbons (Fsp3) is 0.500. The van der Waals surface area contributed by atoms with Crippen LogP contribution in [0.25, 0.3) is 0 Å². The molecule has 0 bridgehead atoms. The first-order valence-corrected chi connectivity index (χ1v) is 8.77. The second-order valence-electron chi connectivity index (χ2n) is 7.26. The normalized spacial score (nSPS) is 14.4. The van der Waals surface area contributed by atoms with Crippen LogP contribution < -0.4 is 0 Å². The average molecular weight is 368 g/mol. The molecular formula is C18H23Cl2N3O. The van der Waals surface area contributed by atoms with Gasteiger partial charge in [0.05, 0.1) is 10.0 Å². The maximum Gasteiger partial charge on any atom is 0.162 e. The molecule has 0 radical (unpaired) electrons. The van der Waals surface area contributed by atoms with E-state index < -0.39 is 5.41 Å². The van der Waals surface area contributed by atoms with E-state index in [4.69, 9.17) is 23.2 Å². The molecule has 1 aromatic carbocycles. The van der Waals surface area contributed by atoms with Crippen LogP contribution in [0.2, 0.25) is 10.0 Å². The van der Waals surface area contributed by atoms with Gasteiger partial charge in [-0.15, -0.1) is 0 Å². The maximum atomic E-state index is 12.8. The molecule has 1 aromatic heterocycles. The van der Waals surface area contributed by atoms with Gasteiger partial charge < -0.3 is 0 Å². The monoisotopic (exact) mass is 367 g/mol. The Hall–Kier alpha value is -1.39. The van der Waals surface area contributed by atoms with Gasteiger partial charge in [-0.25, -0.2) is 9.67 Å². The van der Waals surface area contributed by atoms with E-state index in [1.807, 2.05) is 32.9 Å². The first-order chi connectivity index (χ1) is 11.2. The van der Waals surface area contributed by atoms with Crippen LogP contribution in [0.1, 0.15) is 45.7 Å². The molecule has 0 fully saturated rings.